The highest BCUT2D eigenvalue weighted by molar-refractivity contribution is 5.70. The quantitative estimate of drug-likeness (QED) is 0.579. The summed E-state index contributed by atoms with van der Waals surface area (Å²) in [4.78, 5) is 0. The number of rotatable bonds is 2. The number of hydrogen-bond acceptors (Lipinski definition) is 0. The monoisotopic (exact) mass is 253 g/mol. The second-order valence-corrected chi connectivity index (χ2v) is 4.12. The Hall–Kier alpha value is -2.34. The molecule has 0 spiro atoms. The molecule has 0 saturated carbocycles. The van der Waals surface area contributed by atoms with Crippen LogP contribution in [0, 0.1) is 6.92 Å². The van der Waals surface area contributed by atoms with E-state index in [1.807, 2.05) is 6.92 Å². The average Bonchev–Trinajstić information content (AvgIpc) is 2.67. The fourth-order valence-electron chi connectivity index (χ4n) is 1.68. The minimum absolute atomic E-state index is 0.103. The van der Waals surface area contributed by atoms with Crippen molar-refractivity contribution in [1.82, 2.24) is 0 Å². The van der Waals surface area contributed by atoms with Crippen molar-refractivity contribution < 1.29 is 12.3 Å². The van der Waals surface area contributed by atoms with Gasteiger partial charge >= 0.3 is 0 Å². The maximum Gasteiger partial charge on any atom is 0.0629 e. The number of benzene rings is 3. The van der Waals surface area contributed by atoms with Crippen LogP contribution in [0.1, 0.15) is 17.9 Å². The lowest BCUT2D eigenvalue weighted by Crippen LogP contribution is -1.80. The van der Waals surface area contributed by atoms with E-state index in [-0.39, 0.29) is 28.8 Å². The predicted octanol–water partition coefficient (Wildman–Crippen LogP) is 5.33. The highest BCUT2D eigenvalue weighted by atomic mass is 14.0. The van der Waals surface area contributed by atoms with Gasteiger partial charge in [-0.15, -0.1) is 0 Å². The molecule has 0 nitrogen and oxygen atoms in total. The van der Waals surface area contributed by atoms with Crippen molar-refractivity contribution in [3.05, 3.63) is 84.2 Å². The van der Waals surface area contributed by atoms with Gasteiger partial charge in [-0.3, -0.25) is 0 Å². The lowest BCUT2D eigenvalue weighted by atomic mass is 10.00. The summed E-state index contributed by atoms with van der Waals surface area (Å²) in [5, 5.41) is 0. The average molecular weight is 253 g/mol. The van der Waals surface area contributed by atoms with Gasteiger partial charge in [-0.1, -0.05) is 84.2 Å². The molecule has 0 saturated heterocycles. The van der Waals surface area contributed by atoms with Crippen LogP contribution in [0.2, 0.25) is 0 Å². The summed E-state index contributed by atoms with van der Waals surface area (Å²) in [7, 11) is 0. The molecule has 3 aromatic rings. The molecule has 0 aliphatic heterocycles. The maximum absolute atomic E-state index is 8.36. The van der Waals surface area contributed by atoms with Crippen molar-refractivity contribution in [2.45, 2.75) is 6.92 Å². The van der Waals surface area contributed by atoms with Crippen LogP contribution in [0.4, 0.5) is 0 Å². The molecular weight excluding hydrogens is 228 g/mol. The van der Waals surface area contributed by atoms with Gasteiger partial charge in [0.2, 0.25) is 0 Å². The van der Waals surface area contributed by atoms with E-state index in [4.69, 9.17) is 12.3 Å². The molecule has 0 fully saturated rings. The number of aryl methyl sites for hydroxylation is 1. The van der Waals surface area contributed by atoms with Crippen LogP contribution in [0.5, 0.6) is 0 Å². The molecular formula is C19H16. The highest BCUT2D eigenvalue weighted by Crippen LogP contribution is 2.24. The van der Waals surface area contributed by atoms with Crippen molar-refractivity contribution in [3.63, 3.8) is 0 Å². The molecule has 0 heterocycles. The lowest BCUT2D eigenvalue weighted by Gasteiger charge is -2.05. The van der Waals surface area contributed by atoms with Crippen molar-refractivity contribution >= 4 is 0 Å². The summed E-state index contributed by atoms with van der Waals surface area (Å²) >= 11 is 0. The van der Waals surface area contributed by atoms with Crippen LogP contribution < -0.4 is 0 Å². The fraction of sp³-hybridized carbons (Fsp3) is 0.0526. The van der Waals surface area contributed by atoms with Crippen LogP contribution in [-0.4, -0.2) is 0 Å². The summed E-state index contributed by atoms with van der Waals surface area (Å²) in [6, 6.07) is 2.56. The zero-order valence-electron chi connectivity index (χ0n) is 19.3. The molecule has 3 rings (SSSR count). The molecule has 0 bridgehead atoms. The van der Waals surface area contributed by atoms with Crippen LogP contribution in [-0.2, 0) is 0 Å². The molecule has 0 aliphatic rings. The van der Waals surface area contributed by atoms with Gasteiger partial charge in [0, 0.05) is 0 Å². The SMILES string of the molecule is [2H]c1c([2H])c([2H])c(-c2c([2H])c([2H])c(-c3ccc(C)cc3)c([2H])c2[2H])c([2H])c1[2H]. The van der Waals surface area contributed by atoms with E-state index >= 15 is 0 Å². The van der Waals surface area contributed by atoms with Crippen LogP contribution in [0.3, 0.4) is 0 Å². The highest BCUT2D eigenvalue weighted by Gasteiger charge is 1.99. The van der Waals surface area contributed by atoms with E-state index < -0.39 is 42.3 Å². The molecule has 0 amide bonds. The van der Waals surface area contributed by atoms with Gasteiger partial charge < -0.3 is 0 Å². The van der Waals surface area contributed by atoms with E-state index in [1.165, 1.54) is 0 Å². The first-order valence-corrected chi connectivity index (χ1v) is 5.82. The summed E-state index contributed by atoms with van der Waals surface area (Å²) < 4.78 is 72.9. The zero-order valence-corrected chi connectivity index (χ0v) is 10.3. The van der Waals surface area contributed by atoms with Crippen molar-refractivity contribution in [3.8, 4) is 22.3 Å². The summed E-state index contributed by atoms with van der Waals surface area (Å²) in [6.07, 6.45) is 0. The van der Waals surface area contributed by atoms with E-state index in [9.17, 15) is 0 Å². The largest absolute Gasteiger partial charge is 0.0629 e. The van der Waals surface area contributed by atoms with Crippen molar-refractivity contribution in [2.75, 3.05) is 0 Å². The van der Waals surface area contributed by atoms with Gasteiger partial charge in [-0.05, 0) is 29.2 Å². The molecule has 3 aromatic carbocycles. The first-order valence-electron chi connectivity index (χ1n) is 10.3. The molecule has 0 unspecified atom stereocenters. The second-order valence-electron chi connectivity index (χ2n) is 4.12. The van der Waals surface area contributed by atoms with Gasteiger partial charge in [0.25, 0.3) is 0 Å². The summed E-state index contributed by atoms with van der Waals surface area (Å²) in [6.45, 7) is 1.89. The summed E-state index contributed by atoms with van der Waals surface area (Å²) in [5.74, 6) is 0. The topological polar surface area (TPSA) is 0 Å². The van der Waals surface area contributed by atoms with Gasteiger partial charge in [0.15, 0.2) is 0 Å². The molecule has 19 heavy (non-hydrogen) atoms. The second kappa shape index (κ2) is 5.11. The van der Waals surface area contributed by atoms with Crippen molar-refractivity contribution in [2.24, 2.45) is 0 Å². The zero-order chi connectivity index (χ0) is 20.9. The standard InChI is InChI=1S/C19H16/c1-15-7-9-17(10-8-15)19-13-11-18(12-14-19)16-5-3-2-4-6-16/h2-14H,1H3/i2D,3D,4D,5D,6D,11D,12D,13D,14D. The Bertz CT molecular complexity index is 1040. The summed E-state index contributed by atoms with van der Waals surface area (Å²) in [5.41, 5.74) is 0.956. The third-order valence-electron chi connectivity index (χ3n) is 2.72. The Morgan fingerprint density at radius 2 is 1.05 bits per heavy atom. The third-order valence-corrected chi connectivity index (χ3v) is 2.72. The minimum atomic E-state index is -0.588. The molecule has 0 heteroatoms. The fourth-order valence-corrected chi connectivity index (χ4v) is 1.68. The van der Waals surface area contributed by atoms with E-state index in [2.05, 4.69) is 0 Å². The van der Waals surface area contributed by atoms with Gasteiger partial charge in [-0.25, -0.2) is 0 Å². The Labute approximate surface area is 127 Å². The number of hydrogen-bond donors (Lipinski definition) is 0. The van der Waals surface area contributed by atoms with E-state index in [0.717, 1.165) is 5.56 Å². The molecule has 0 atom stereocenters. The molecule has 0 radical (unpaired) electrons. The van der Waals surface area contributed by atoms with Gasteiger partial charge in [0.05, 0.1) is 12.3 Å². The first-order chi connectivity index (χ1) is 13.1. The Balaban J connectivity index is 2.40. The van der Waals surface area contributed by atoms with Crippen LogP contribution in [0.25, 0.3) is 22.3 Å². The Morgan fingerprint density at radius 1 is 0.579 bits per heavy atom. The Morgan fingerprint density at radius 3 is 1.63 bits per heavy atom. The van der Waals surface area contributed by atoms with Gasteiger partial charge in [0.1, 0.15) is 0 Å². The molecule has 0 N–H and O–H groups in total. The van der Waals surface area contributed by atoms with Crippen LogP contribution >= 0.6 is 0 Å². The third kappa shape index (κ3) is 2.58. The lowest BCUT2D eigenvalue weighted by molar-refractivity contribution is 1.47. The van der Waals surface area contributed by atoms with Crippen molar-refractivity contribution in [1.29, 1.82) is 0 Å². The van der Waals surface area contributed by atoms with E-state index in [0.29, 0.717) is 5.56 Å². The molecule has 0 aliphatic carbocycles. The molecule has 0 aromatic heterocycles. The predicted molar refractivity (Wildman–Crippen MR) is 82.1 cm³/mol. The van der Waals surface area contributed by atoms with E-state index in [1.54, 1.807) is 24.3 Å². The van der Waals surface area contributed by atoms with Gasteiger partial charge in [-0.2, -0.15) is 0 Å². The first kappa shape index (κ1) is 5.34. The minimum Gasteiger partial charge on any atom is -0.0622 e. The van der Waals surface area contributed by atoms with Crippen LogP contribution in [0.15, 0.2) is 78.6 Å². The Kier molecular flexibility index (Phi) is 1.44. The normalized spacial score (nSPS) is 17.0. The molecule has 92 valence electrons. The maximum atomic E-state index is 8.36. The smallest absolute Gasteiger partial charge is 0.0622 e.